The van der Waals surface area contributed by atoms with E-state index in [1.165, 1.54) is 6.42 Å². The summed E-state index contributed by atoms with van der Waals surface area (Å²) in [6.45, 7) is 0. The van der Waals surface area contributed by atoms with Gasteiger partial charge in [0.25, 0.3) is 0 Å². The number of hydrogen-bond donors (Lipinski definition) is 2. The Kier molecular flexibility index (Phi) is 3.90. The van der Waals surface area contributed by atoms with Crippen LogP contribution in [0.15, 0.2) is 22.7 Å². The number of nitrogens with two attached hydrogens (primary N) is 1. The van der Waals surface area contributed by atoms with Gasteiger partial charge >= 0.3 is 0 Å². The minimum atomic E-state index is -0.443. The third-order valence-corrected chi connectivity index (χ3v) is 4.54. The molecule has 0 spiro atoms. The number of halogens is 2. The third-order valence-electron chi connectivity index (χ3n) is 3.33. The topological polar surface area (TPSA) is 46.2 Å². The minimum Gasteiger partial charge on any atom is -0.391 e. The number of aliphatic hydroxyl groups is 1. The zero-order valence-electron chi connectivity index (χ0n) is 8.87. The summed E-state index contributed by atoms with van der Waals surface area (Å²) >= 11 is 9.28. The molecular formula is C12H15BrClNO. The molecule has 1 aliphatic rings. The summed E-state index contributed by atoms with van der Waals surface area (Å²) in [5, 5.41) is 10.7. The van der Waals surface area contributed by atoms with E-state index in [0.29, 0.717) is 10.9 Å². The van der Waals surface area contributed by atoms with E-state index in [1.807, 2.05) is 12.1 Å². The molecule has 88 valence electrons. The first-order chi connectivity index (χ1) is 7.59. The second-order valence-corrected chi connectivity index (χ2v) is 5.64. The first-order valence-electron chi connectivity index (χ1n) is 5.48. The summed E-state index contributed by atoms with van der Waals surface area (Å²) < 4.78 is 0.822. The van der Waals surface area contributed by atoms with Gasteiger partial charge < -0.3 is 10.8 Å². The summed E-state index contributed by atoms with van der Waals surface area (Å²) in [6, 6.07) is 5.24. The van der Waals surface area contributed by atoms with Crippen molar-refractivity contribution in [1.29, 1.82) is 0 Å². The van der Waals surface area contributed by atoms with Gasteiger partial charge in [-0.1, -0.05) is 24.1 Å². The van der Waals surface area contributed by atoms with Crippen molar-refractivity contribution in [2.45, 2.75) is 31.4 Å². The van der Waals surface area contributed by atoms with Crippen molar-refractivity contribution in [2.24, 2.45) is 11.7 Å². The molecule has 1 aromatic carbocycles. The molecule has 0 unspecified atom stereocenters. The largest absolute Gasteiger partial charge is 0.391 e. The Bertz CT molecular complexity index is 381. The van der Waals surface area contributed by atoms with Crippen LogP contribution in [0.2, 0.25) is 5.02 Å². The molecule has 0 heterocycles. The molecular weight excluding hydrogens is 289 g/mol. The van der Waals surface area contributed by atoms with E-state index in [9.17, 15) is 5.11 Å². The Hall–Kier alpha value is -0.0900. The average molecular weight is 305 g/mol. The van der Waals surface area contributed by atoms with Crippen molar-refractivity contribution in [3.63, 3.8) is 0 Å². The summed E-state index contributed by atoms with van der Waals surface area (Å²) in [7, 11) is 0. The molecule has 1 aromatic rings. The second kappa shape index (κ2) is 5.05. The smallest absolute Gasteiger partial charge is 0.0760 e. The molecule has 0 bridgehead atoms. The Morgan fingerprint density at radius 1 is 1.44 bits per heavy atom. The molecule has 0 aromatic heterocycles. The Morgan fingerprint density at radius 2 is 2.12 bits per heavy atom. The van der Waals surface area contributed by atoms with Crippen LogP contribution in [-0.2, 0) is 0 Å². The van der Waals surface area contributed by atoms with Crippen molar-refractivity contribution < 1.29 is 5.11 Å². The first kappa shape index (κ1) is 12.4. The van der Waals surface area contributed by atoms with Gasteiger partial charge in [0.15, 0.2) is 0 Å². The summed E-state index contributed by atoms with van der Waals surface area (Å²) in [4.78, 5) is 0. The zero-order valence-corrected chi connectivity index (χ0v) is 11.2. The van der Waals surface area contributed by atoms with Crippen LogP contribution in [0.1, 0.15) is 30.9 Å². The van der Waals surface area contributed by atoms with E-state index >= 15 is 0 Å². The van der Waals surface area contributed by atoms with Gasteiger partial charge in [0, 0.05) is 4.47 Å². The van der Waals surface area contributed by atoms with Crippen LogP contribution in [0.25, 0.3) is 0 Å². The molecule has 1 fully saturated rings. The van der Waals surface area contributed by atoms with Crippen LogP contribution in [-0.4, -0.2) is 11.2 Å². The Labute approximate surface area is 109 Å². The van der Waals surface area contributed by atoms with E-state index in [-0.39, 0.29) is 6.04 Å². The number of hydrogen-bond acceptors (Lipinski definition) is 2. The lowest BCUT2D eigenvalue weighted by Gasteiger charge is -2.33. The van der Waals surface area contributed by atoms with Gasteiger partial charge in [0.1, 0.15) is 0 Å². The van der Waals surface area contributed by atoms with Crippen LogP contribution in [0, 0.1) is 5.92 Å². The highest BCUT2D eigenvalue weighted by atomic mass is 79.9. The molecule has 3 N–H and O–H groups in total. The lowest BCUT2D eigenvalue weighted by atomic mass is 9.77. The van der Waals surface area contributed by atoms with Crippen LogP contribution in [0.5, 0.6) is 0 Å². The Morgan fingerprint density at radius 3 is 2.62 bits per heavy atom. The lowest BCUT2D eigenvalue weighted by molar-refractivity contribution is 0.0413. The van der Waals surface area contributed by atoms with E-state index < -0.39 is 6.10 Å². The van der Waals surface area contributed by atoms with Crippen LogP contribution >= 0.6 is 27.5 Å². The standard InChI is InChI=1S/C12H15BrClNO/c13-9-6-8(4-5-10(9)14)11(15)12(16)7-2-1-3-7/h4-7,11-12,16H,1-3,15H2/t11-,12+/m0/s1. The zero-order chi connectivity index (χ0) is 11.7. The fraction of sp³-hybridized carbons (Fsp3) is 0.500. The van der Waals surface area contributed by atoms with E-state index in [1.54, 1.807) is 6.07 Å². The SMILES string of the molecule is N[C@@H](c1ccc(Cl)c(Br)c1)[C@H](O)C1CCC1. The fourth-order valence-electron chi connectivity index (χ4n) is 1.99. The van der Waals surface area contributed by atoms with Crippen molar-refractivity contribution in [2.75, 3.05) is 0 Å². The molecule has 0 aliphatic heterocycles. The molecule has 2 rings (SSSR count). The molecule has 4 heteroatoms. The Balaban J connectivity index is 2.12. The van der Waals surface area contributed by atoms with Gasteiger partial charge in [-0.25, -0.2) is 0 Å². The summed E-state index contributed by atoms with van der Waals surface area (Å²) in [6.07, 6.45) is 2.94. The highest BCUT2D eigenvalue weighted by molar-refractivity contribution is 9.10. The van der Waals surface area contributed by atoms with Gasteiger partial charge in [0.05, 0.1) is 17.2 Å². The van der Waals surface area contributed by atoms with Gasteiger partial charge in [-0.2, -0.15) is 0 Å². The van der Waals surface area contributed by atoms with Crippen molar-refractivity contribution >= 4 is 27.5 Å². The van der Waals surface area contributed by atoms with E-state index in [0.717, 1.165) is 22.9 Å². The normalized spacial score (nSPS) is 20.2. The maximum absolute atomic E-state index is 10.1. The van der Waals surface area contributed by atoms with Crippen LogP contribution in [0.4, 0.5) is 0 Å². The average Bonchev–Trinajstić information content (AvgIpc) is 2.18. The summed E-state index contributed by atoms with van der Waals surface area (Å²) in [5.41, 5.74) is 6.98. The van der Waals surface area contributed by atoms with Crippen LogP contribution < -0.4 is 5.73 Å². The van der Waals surface area contributed by atoms with Gasteiger partial charge in [-0.15, -0.1) is 0 Å². The quantitative estimate of drug-likeness (QED) is 0.900. The maximum Gasteiger partial charge on any atom is 0.0760 e. The van der Waals surface area contributed by atoms with Gasteiger partial charge in [0.2, 0.25) is 0 Å². The van der Waals surface area contributed by atoms with Gasteiger partial charge in [-0.3, -0.25) is 0 Å². The lowest BCUT2D eigenvalue weighted by Crippen LogP contribution is -2.36. The molecule has 0 saturated heterocycles. The number of rotatable bonds is 3. The second-order valence-electron chi connectivity index (χ2n) is 4.38. The predicted molar refractivity (Wildman–Crippen MR) is 69.4 cm³/mol. The maximum atomic E-state index is 10.1. The van der Waals surface area contributed by atoms with Crippen LogP contribution in [0.3, 0.4) is 0 Å². The molecule has 1 aliphatic carbocycles. The van der Waals surface area contributed by atoms with Crippen molar-refractivity contribution in [3.05, 3.63) is 33.3 Å². The van der Waals surface area contributed by atoms with Gasteiger partial charge in [-0.05, 0) is 52.4 Å². The molecule has 0 radical (unpaired) electrons. The predicted octanol–water partition coefficient (Wildman–Crippen LogP) is 3.26. The first-order valence-corrected chi connectivity index (χ1v) is 6.65. The van der Waals surface area contributed by atoms with Crippen molar-refractivity contribution in [1.82, 2.24) is 0 Å². The van der Waals surface area contributed by atoms with Crippen molar-refractivity contribution in [3.8, 4) is 0 Å². The molecule has 2 atom stereocenters. The van der Waals surface area contributed by atoms with E-state index in [2.05, 4.69) is 15.9 Å². The monoisotopic (exact) mass is 303 g/mol. The highest BCUT2D eigenvalue weighted by Crippen LogP contribution is 2.35. The number of aliphatic hydroxyl groups excluding tert-OH is 1. The molecule has 2 nitrogen and oxygen atoms in total. The third kappa shape index (κ3) is 2.43. The fourth-order valence-corrected chi connectivity index (χ4v) is 2.51. The minimum absolute atomic E-state index is 0.320. The highest BCUT2D eigenvalue weighted by Gasteiger charge is 2.30. The number of benzene rings is 1. The molecule has 0 amide bonds. The molecule has 16 heavy (non-hydrogen) atoms. The van der Waals surface area contributed by atoms with E-state index in [4.69, 9.17) is 17.3 Å². The summed E-state index contributed by atoms with van der Waals surface area (Å²) in [5.74, 6) is 0.365. The molecule has 1 saturated carbocycles.